The maximum Gasteiger partial charge on any atom is 0.354 e. The topological polar surface area (TPSA) is 93.1 Å². The Morgan fingerprint density at radius 3 is 2.52 bits per heavy atom. The molecule has 2 heterocycles. The Kier molecular flexibility index (Phi) is 4.70. The van der Waals surface area contributed by atoms with Crippen molar-refractivity contribution in [2.24, 2.45) is 5.10 Å². The van der Waals surface area contributed by atoms with E-state index in [-0.39, 0.29) is 42.1 Å². The summed E-state index contributed by atoms with van der Waals surface area (Å²) in [7, 11) is -3.11. The Bertz CT molecular complexity index is 622. The number of esters is 1. The van der Waals surface area contributed by atoms with Gasteiger partial charge in [0.05, 0.1) is 17.5 Å². The van der Waals surface area contributed by atoms with Crippen LogP contribution in [0, 0.1) is 0 Å². The molecular weight excluding hydrogens is 320 g/mol. The molecule has 128 valence electrons. The monoisotopic (exact) mass is 342 g/mol. The molecule has 1 saturated carbocycles. The molecule has 1 amide bonds. The highest BCUT2D eigenvalue weighted by Crippen LogP contribution is 2.24. The summed E-state index contributed by atoms with van der Waals surface area (Å²) >= 11 is 0. The van der Waals surface area contributed by atoms with Crippen molar-refractivity contribution in [2.45, 2.75) is 63.5 Å². The molecule has 7 nitrogen and oxygen atoms in total. The van der Waals surface area contributed by atoms with E-state index < -0.39 is 21.8 Å². The predicted octanol–water partition coefficient (Wildman–Crippen LogP) is 1.03. The van der Waals surface area contributed by atoms with Crippen LogP contribution in [-0.4, -0.2) is 54.7 Å². The minimum absolute atomic E-state index is 0.0584. The van der Waals surface area contributed by atoms with Crippen molar-refractivity contribution in [3.05, 3.63) is 0 Å². The molecule has 1 aliphatic carbocycles. The smallest absolute Gasteiger partial charge is 0.354 e. The van der Waals surface area contributed by atoms with Gasteiger partial charge in [-0.25, -0.2) is 18.2 Å². The van der Waals surface area contributed by atoms with Crippen LogP contribution in [-0.2, 0) is 24.2 Å². The van der Waals surface area contributed by atoms with Gasteiger partial charge >= 0.3 is 5.97 Å². The van der Waals surface area contributed by atoms with Crippen LogP contribution in [0.5, 0.6) is 0 Å². The summed E-state index contributed by atoms with van der Waals surface area (Å²) in [5.74, 6) is -0.692. The first kappa shape index (κ1) is 16.4. The number of ether oxygens (including phenoxy) is 1. The molecule has 23 heavy (non-hydrogen) atoms. The van der Waals surface area contributed by atoms with E-state index in [1.54, 1.807) is 0 Å². The lowest BCUT2D eigenvalue weighted by molar-refractivity contribution is -0.142. The zero-order valence-corrected chi connectivity index (χ0v) is 13.9. The lowest BCUT2D eigenvalue weighted by Crippen LogP contribution is -2.42. The summed E-state index contributed by atoms with van der Waals surface area (Å²) in [6.07, 6.45) is 5.82. The predicted molar refractivity (Wildman–Crippen MR) is 83.5 cm³/mol. The average Bonchev–Trinajstić information content (AvgIpc) is 2.88. The number of carbonyl (C=O) groups is 2. The zero-order chi connectivity index (χ0) is 16.4. The highest BCUT2D eigenvalue weighted by atomic mass is 32.2. The lowest BCUT2D eigenvalue weighted by Gasteiger charge is -2.28. The van der Waals surface area contributed by atoms with Crippen molar-refractivity contribution in [3.8, 4) is 0 Å². The van der Waals surface area contributed by atoms with Gasteiger partial charge in [-0.1, -0.05) is 6.42 Å². The third-order valence-electron chi connectivity index (χ3n) is 4.68. The SMILES string of the molecule is O=C(OC1CCCCC1)C1=NN([C@H]2CCS(=O)(=O)C2)C(=O)CC1. The van der Waals surface area contributed by atoms with Gasteiger partial charge in [-0.15, -0.1) is 0 Å². The van der Waals surface area contributed by atoms with Crippen LogP contribution in [0.4, 0.5) is 0 Å². The first-order valence-electron chi connectivity index (χ1n) is 8.25. The minimum atomic E-state index is -3.11. The number of nitrogens with zero attached hydrogens (tertiary/aromatic N) is 2. The van der Waals surface area contributed by atoms with Crippen molar-refractivity contribution < 1.29 is 22.7 Å². The van der Waals surface area contributed by atoms with Crippen molar-refractivity contribution >= 4 is 27.4 Å². The Morgan fingerprint density at radius 2 is 1.87 bits per heavy atom. The largest absolute Gasteiger partial charge is 0.458 e. The maximum absolute atomic E-state index is 12.3. The zero-order valence-electron chi connectivity index (χ0n) is 13.1. The van der Waals surface area contributed by atoms with E-state index in [0.29, 0.717) is 6.42 Å². The molecular formula is C15H22N2O5S. The minimum Gasteiger partial charge on any atom is -0.458 e. The van der Waals surface area contributed by atoms with E-state index >= 15 is 0 Å². The van der Waals surface area contributed by atoms with E-state index in [0.717, 1.165) is 25.7 Å². The quantitative estimate of drug-likeness (QED) is 0.714. The summed E-state index contributed by atoms with van der Waals surface area (Å²) in [6.45, 7) is 0. The molecule has 1 saturated heterocycles. The molecule has 3 rings (SSSR count). The highest BCUT2D eigenvalue weighted by molar-refractivity contribution is 7.91. The first-order chi connectivity index (χ1) is 10.9. The number of sulfone groups is 1. The van der Waals surface area contributed by atoms with Gasteiger partial charge in [-0.2, -0.15) is 5.10 Å². The normalized spacial score (nSPS) is 28.5. The van der Waals surface area contributed by atoms with Crippen LogP contribution in [0.2, 0.25) is 0 Å². The molecule has 0 N–H and O–H groups in total. The molecule has 2 fully saturated rings. The fraction of sp³-hybridized carbons (Fsp3) is 0.800. The third kappa shape index (κ3) is 3.91. The molecule has 0 unspecified atom stereocenters. The van der Waals surface area contributed by atoms with E-state index in [9.17, 15) is 18.0 Å². The van der Waals surface area contributed by atoms with E-state index in [1.807, 2.05) is 0 Å². The van der Waals surface area contributed by atoms with Crippen LogP contribution < -0.4 is 0 Å². The number of rotatable bonds is 3. The molecule has 8 heteroatoms. The Balaban J connectivity index is 1.68. The van der Waals surface area contributed by atoms with Crippen LogP contribution in [0.1, 0.15) is 51.4 Å². The van der Waals surface area contributed by atoms with Gasteiger partial charge in [0.25, 0.3) is 0 Å². The van der Waals surface area contributed by atoms with Crippen molar-refractivity contribution in [2.75, 3.05) is 11.5 Å². The average molecular weight is 342 g/mol. The molecule has 0 bridgehead atoms. The highest BCUT2D eigenvalue weighted by Gasteiger charge is 2.37. The first-order valence-corrected chi connectivity index (χ1v) is 10.1. The summed E-state index contributed by atoms with van der Waals surface area (Å²) in [5, 5.41) is 5.34. The third-order valence-corrected chi connectivity index (χ3v) is 6.43. The van der Waals surface area contributed by atoms with Gasteiger partial charge in [0.15, 0.2) is 9.84 Å². The molecule has 2 aliphatic heterocycles. The Morgan fingerprint density at radius 1 is 1.13 bits per heavy atom. The van der Waals surface area contributed by atoms with Crippen LogP contribution in [0.15, 0.2) is 5.10 Å². The van der Waals surface area contributed by atoms with Gasteiger partial charge in [-0.05, 0) is 32.1 Å². The molecule has 0 aromatic rings. The second-order valence-electron chi connectivity index (χ2n) is 6.51. The second kappa shape index (κ2) is 6.59. The molecule has 1 atom stereocenters. The molecule has 0 radical (unpaired) electrons. The second-order valence-corrected chi connectivity index (χ2v) is 8.74. The van der Waals surface area contributed by atoms with Crippen molar-refractivity contribution in [1.29, 1.82) is 0 Å². The fourth-order valence-electron chi connectivity index (χ4n) is 3.37. The summed E-state index contributed by atoms with van der Waals surface area (Å²) in [6, 6.07) is -0.453. The molecule has 0 spiro atoms. The van der Waals surface area contributed by atoms with Gasteiger partial charge in [-0.3, -0.25) is 4.79 Å². The number of hydrogen-bond donors (Lipinski definition) is 0. The number of amides is 1. The van der Waals surface area contributed by atoms with Gasteiger partial charge in [0, 0.05) is 12.8 Å². The molecule has 0 aromatic heterocycles. The van der Waals surface area contributed by atoms with Gasteiger partial charge < -0.3 is 4.74 Å². The van der Waals surface area contributed by atoms with Gasteiger partial charge in [0.2, 0.25) is 5.91 Å². The summed E-state index contributed by atoms with van der Waals surface area (Å²) in [4.78, 5) is 24.3. The maximum atomic E-state index is 12.3. The van der Waals surface area contributed by atoms with Crippen molar-refractivity contribution in [3.63, 3.8) is 0 Å². The van der Waals surface area contributed by atoms with Crippen LogP contribution in [0.25, 0.3) is 0 Å². The van der Waals surface area contributed by atoms with E-state index in [4.69, 9.17) is 4.74 Å². The summed E-state index contributed by atoms with van der Waals surface area (Å²) in [5.41, 5.74) is 0.236. The number of hydrazone groups is 1. The summed E-state index contributed by atoms with van der Waals surface area (Å²) < 4.78 is 28.7. The fourth-order valence-corrected chi connectivity index (χ4v) is 5.07. The number of hydrogen-bond acceptors (Lipinski definition) is 6. The lowest BCUT2D eigenvalue weighted by atomic mass is 9.98. The Hall–Kier alpha value is -1.44. The van der Waals surface area contributed by atoms with E-state index in [2.05, 4.69) is 5.10 Å². The van der Waals surface area contributed by atoms with E-state index in [1.165, 1.54) is 11.4 Å². The molecule has 0 aromatic carbocycles. The molecule has 3 aliphatic rings. The van der Waals surface area contributed by atoms with Crippen LogP contribution in [0.3, 0.4) is 0 Å². The number of carbonyl (C=O) groups excluding carboxylic acids is 2. The van der Waals surface area contributed by atoms with Crippen molar-refractivity contribution in [1.82, 2.24) is 5.01 Å². The standard InChI is InChI=1S/C15H22N2O5S/c18-14-7-6-13(15(19)22-12-4-2-1-3-5-12)16-17(14)11-8-9-23(20,21)10-11/h11-12H,1-10H2/t11-/m0/s1. The van der Waals surface area contributed by atoms with Crippen LogP contribution >= 0.6 is 0 Å². The van der Waals surface area contributed by atoms with Gasteiger partial charge in [0.1, 0.15) is 11.8 Å². The Labute approximate surface area is 136 Å².